The normalized spacial score (nSPS) is 30.3. The molecule has 1 amide bonds. The van der Waals surface area contributed by atoms with Crippen LogP contribution < -0.4 is 5.32 Å². The van der Waals surface area contributed by atoms with Crippen molar-refractivity contribution in [2.75, 3.05) is 11.9 Å². The quantitative estimate of drug-likeness (QED) is 0.777. The van der Waals surface area contributed by atoms with Gasteiger partial charge in [0.25, 0.3) is 5.91 Å². The maximum absolute atomic E-state index is 12.6. The van der Waals surface area contributed by atoms with Gasteiger partial charge in [-0.15, -0.1) is 0 Å². The van der Waals surface area contributed by atoms with Crippen molar-refractivity contribution in [2.45, 2.75) is 45.6 Å². The number of hydrogen-bond acceptors (Lipinski definition) is 5. The number of carbonyl (C=O) groups is 3. The summed E-state index contributed by atoms with van der Waals surface area (Å²) in [6.07, 6.45) is 3.18. The Morgan fingerprint density at radius 1 is 1.19 bits per heavy atom. The molecule has 1 N–H and O–H groups in total. The zero-order chi connectivity index (χ0) is 19.1. The van der Waals surface area contributed by atoms with Crippen LogP contribution in [0.2, 0.25) is 0 Å². The smallest absolute Gasteiger partial charge is 0.310 e. The molecule has 0 radical (unpaired) electrons. The lowest BCUT2D eigenvalue weighted by molar-refractivity contribution is -0.157. The fourth-order valence-electron chi connectivity index (χ4n) is 5.14. The summed E-state index contributed by atoms with van der Waals surface area (Å²) in [4.78, 5) is 37.0. The van der Waals surface area contributed by atoms with E-state index in [1.54, 1.807) is 0 Å². The zero-order valence-corrected chi connectivity index (χ0v) is 15.7. The van der Waals surface area contributed by atoms with Crippen LogP contribution in [0.1, 0.15) is 37.8 Å². The van der Waals surface area contributed by atoms with E-state index in [4.69, 9.17) is 9.47 Å². The molecule has 4 rings (SSSR count). The highest BCUT2D eigenvalue weighted by molar-refractivity contribution is 5.95. The first-order chi connectivity index (χ1) is 13.0. The van der Waals surface area contributed by atoms with Crippen LogP contribution in [0.25, 0.3) is 0 Å². The Labute approximate surface area is 158 Å². The summed E-state index contributed by atoms with van der Waals surface area (Å²) in [7, 11) is 0. The van der Waals surface area contributed by atoms with Crippen molar-refractivity contribution in [3.05, 3.63) is 29.3 Å². The van der Waals surface area contributed by atoms with E-state index < -0.39 is 11.9 Å². The van der Waals surface area contributed by atoms with Gasteiger partial charge in [-0.1, -0.05) is 32.0 Å². The van der Waals surface area contributed by atoms with E-state index in [9.17, 15) is 14.4 Å². The van der Waals surface area contributed by atoms with Crippen molar-refractivity contribution in [3.63, 3.8) is 0 Å². The number of rotatable bonds is 6. The number of esters is 2. The predicted molar refractivity (Wildman–Crippen MR) is 97.9 cm³/mol. The highest BCUT2D eigenvalue weighted by Gasteiger charge is 2.64. The molecule has 2 saturated carbocycles. The van der Waals surface area contributed by atoms with Crippen molar-refractivity contribution < 1.29 is 23.9 Å². The highest BCUT2D eigenvalue weighted by Crippen LogP contribution is 2.57. The number of carbonyl (C=O) groups excluding carboxylic acids is 3. The molecule has 5 unspecified atom stereocenters. The topological polar surface area (TPSA) is 81.7 Å². The Bertz CT molecular complexity index is 765. The van der Waals surface area contributed by atoms with Gasteiger partial charge in [0.2, 0.25) is 0 Å². The second kappa shape index (κ2) is 6.98. The zero-order valence-electron chi connectivity index (χ0n) is 15.7. The van der Waals surface area contributed by atoms with Gasteiger partial charge in [-0.25, -0.2) is 0 Å². The Hall–Kier alpha value is -2.37. The van der Waals surface area contributed by atoms with Gasteiger partial charge in [0, 0.05) is 11.6 Å². The van der Waals surface area contributed by atoms with Gasteiger partial charge in [0.05, 0.1) is 11.8 Å². The van der Waals surface area contributed by atoms with Gasteiger partial charge in [0.15, 0.2) is 6.61 Å². The van der Waals surface area contributed by atoms with Gasteiger partial charge in [-0.05, 0) is 42.7 Å². The number of hydrogen-bond donors (Lipinski definition) is 1. The van der Waals surface area contributed by atoms with Crippen LogP contribution in [0, 0.1) is 23.7 Å². The number of ether oxygens (including phenoxy) is 2. The lowest BCUT2D eigenvalue weighted by Gasteiger charge is -2.22. The Kier molecular flexibility index (Phi) is 4.66. The van der Waals surface area contributed by atoms with Crippen molar-refractivity contribution in [3.8, 4) is 0 Å². The molecular formula is C21H25NO5. The molecule has 6 nitrogen and oxygen atoms in total. The monoisotopic (exact) mass is 371 g/mol. The minimum Gasteiger partial charge on any atom is -0.462 e. The SMILES string of the molecule is CCc1cccc(CC)c1NC(=O)COC(=O)C1C2CC3OC(=O)C1C3C2. The molecule has 1 heterocycles. The summed E-state index contributed by atoms with van der Waals surface area (Å²) >= 11 is 0. The lowest BCUT2D eigenvalue weighted by atomic mass is 9.80. The Balaban J connectivity index is 1.38. The van der Waals surface area contributed by atoms with Gasteiger partial charge in [0.1, 0.15) is 6.10 Å². The number of anilines is 1. The molecule has 3 aliphatic rings. The number of fused-ring (bicyclic) bond motifs is 1. The molecule has 1 aliphatic heterocycles. The third-order valence-corrected chi connectivity index (χ3v) is 6.36. The Morgan fingerprint density at radius 3 is 2.56 bits per heavy atom. The van der Waals surface area contributed by atoms with Crippen molar-refractivity contribution in [2.24, 2.45) is 23.7 Å². The molecule has 2 bridgehead atoms. The molecule has 27 heavy (non-hydrogen) atoms. The summed E-state index contributed by atoms with van der Waals surface area (Å²) in [6, 6.07) is 5.95. The van der Waals surface area contributed by atoms with Gasteiger partial charge in [-0.3, -0.25) is 14.4 Å². The van der Waals surface area contributed by atoms with Crippen LogP contribution in [-0.4, -0.2) is 30.6 Å². The van der Waals surface area contributed by atoms with E-state index in [0.717, 1.165) is 42.5 Å². The van der Waals surface area contributed by atoms with Crippen LogP contribution in [0.15, 0.2) is 18.2 Å². The van der Waals surface area contributed by atoms with Crippen molar-refractivity contribution in [1.82, 2.24) is 0 Å². The van der Waals surface area contributed by atoms with Crippen molar-refractivity contribution in [1.29, 1.82) is 0 Å². The van der Waals surface area contributed by atoms with Crippen LogP contribution in [0.3, 0.4) is 0 Å². The number of benzene rings is 1. The molecule has 1 aromatic carbocycles. The predicted octanol–water partition coefficient (Wildman–Crippen LogP) is 2.49. The third-order valence-electron chi connectivity index (χ3n) is 6.36. The number of nitrogens with one attached hydrogen (secondary N) is 1. The van der Waals surface area contributed by atoms with E-state index in [1.807, 2.05) is 32.0 Å². The number of para-hydroxylation sites is 1. The molecule has 0 spiro atoms. The largest absolute Gasteiger partial charge is 0.462 e. The van der Waals surface area contributed by atoms with Gasteiger partial charge < -0.3 is 14.8 Å². The third kappa shape index (κ3) is 3.01. The maximum Gasteiger partial charge on any atom is 0.310 e. The van der Waals surface area contributed by atoms with E-state index in [1.165, 1.54) is 0 Å². The maximum atomic E-state index is 12.6. The average Bonchev–Trinajstić information content (AvgIpc) is 3.28. The molecule has 2 aliphatic carbocycles. The molecule has 1 aromatic rings. The van der Waals surface area contributed by atoms with Crippen molar-refractivity contribution >= 4 is 23.5 Å². The minimum atomic E-state index is -0.455. The van der Waals surface area contributed by atoms with Crippen LogP contribution in [-0.2, 0) is 36.7 Å². The average molecular weight is 371 g/mol. The second-order valence-corrected chi connectivity index (χ2v) is 7.74. The number of amides is 1. The highest BCUT2D eigenvalue weighted by atomic mass is 16.6. The summed E-state index contributed by atoms with van der Waals surface area (Å²) in [5, 5.41) is 2.90. The first-order valence-electron chi connectivity index (χ1n) is 9.81. The molecule has 144 valence electrons. The Morgan fingerprint density at radius 2 is 1.89 bits per heavy atom. The second-order valence-electron chi connectivity index (χ2n) is 7.74. The van der Waals surface area contributed by atoms with E-state index in [2.05, 4.69) is 5.32 Å². The fourth-order valence-corrected chi connectivity index (χ4v) is 5.14. The minimum absolute atomic E-state index is 0.0159. The summed E-state index contributed by atoms with van der Waals surface area (Å²) < 4.78 is 10.6. The molecule has 3 fully saturated rings. The summed E-state index contributed by atoms with van der Waals surface area (Å²) in [5.74, 6) is -1.62. The fraction of sp³-hybridized carbons (Fsp3) is 0.571. The van der Waals surface area contributed by atoms with Crippen LogP contribution in [0.4, 0.5) is 5.69 Å². The first kappa shape index (κ1) is 18.0. The number of aryl methyl sites for hydroxylation is 2. The first-order valence-corrected chi connectivity index (χ1v) is 9.81. The van der Waals surface area contributed by atoms with E-state index in [-0.39, 0.29) is 42.3 Å². The molecule has 6 heteroatoms. The molecular weight excluding hydrogens is 346 g/mol. The standard InChI is InChI=1S/C21H25NO5/c1-3-11-6-5-7-12(4-2)19(11)22-16(23)10-26-20(24)17-13-8-14-15(9-13)27-21(25)18(14)17/h5-7,13-15,17-18H,3-4,8-10H2,1-2H3,(H,22,23). The van der Waals surface area contributed by atoms with Gasteiger partial charge >= 0.3 is 11.9 Å². The summed E-state index contributed by atoms with van der Waals surface area (Å²) in [5.41, 5.74) is 2.93. The molecule has 1 saturated heterocycles. The summed E-state index contributed by atoms with van der Waals surface area (Å²) in [6.45, 7) is 3.74. The van der Waals surface area contributed by atoms with Gasteiger partial charge in [-0.2, -0.15) is 0 Å². The van der Waals surface area contributed by atoms with Crippen LogP contribution in [0.5, 0.6) is 0 Å². The molecule has 0 aromatic heterocycles. The van der Waals surface area contributed by atoms with E-state index in [0.29, 0.717) is 0 Å². The van der Waals surface area contributed by atoms with Crippen LogP contribution >= 0.6 is 0 Å². The lowest BCUT2D eigenvalue weighted by Crippen LogP contribution is -2.35. The molecule has 5 atom stereocenters. The van der Waals surface area contributed by atoms with E-state index >= 15 is 0 Å².